The van der Waals surface area contributed by atoms with E-state index in [0.717, 1.165) is 18.7 Å². The van der Waals surface area contributed by atoms with Crippen molar-refractivity contribution in [3.05, 3.63) is 59.9 Å². The molecule has 0 N–H and O–H groups in total. The molecule has 0 unspecified atom stereocenters. The zero-order chi connectivity index (χ0) is 17.6. The van der Waals surface area contributed by atoms with Gasteiger partial charge in [0.2, 0.25) is 0 Å². The molecule has 0 aromatic heterocycles. The number of likely N-dealkylation sites (N-methyl/N-ethyl adjacent to an activating group) is 1. The van der Waals surface area contributed by atoms with E-state index < -0.39 is 0 Å². The van der Waals surface area contributed by atoms with Crippen LogP contribution in [0.5, 0.6) is 5.75 Å². The summed E-state index contributed by atoms with van der Waals surface area (Å²) in [5, 5.41) is 0. The Balaban J connectivity index is 1.59. The van der Waals surface area contributed by atoms with Gasteiger partial charge in [-0.3, -0.25) is 4.79 Å². The fourth-order valence-electron chi connectivity index (χ4n) is 3.04. The highest BCUT2D eigenvalue weighted by Gasteiger charge is 2.17. The number of rotatable bonds is 6. The highest BCUT2D eigenvalue weighted by atomic mass is 19.1. The number of halogens is 1. The van der Waals surface area contributed by atoms with Crippen molar-refractivity contribution >= 4 is 11.6 Å². The quantitative estimate of drug-likeness (QED) is 0.806. The Bertz CT molecular complexity index is 712. The van der Waals surface area contributed by atoms with Gasteiger partial charge in [-0.2, -0.15) is 0 Å². The third kappa shape index (κ3) is 4.50. The molecule has 5 heteroatoms. The van der Waals surface area contributed by atoms with Crippen molar-refractivity contribution in [2.75, 3.05) is 31.6 Å². The summed E-state index contributed by atoms with van der Waals surface area (Å²) in [6.07, 6.45) is 2.43. The van der Waals surface area contributed by atoms with Gasteiger partial charge < -0.3 is 14.5 Å². The van der Waals surface area contributed by atoms with Gasteiger partial charge in [0, 0.05) is 32.4 Å². The number of carbonyl (C=O) groups excluding carboxylic acids is 1. The zero-order valence-corrected chi connectivity index (χ0v) is 14.5. The van der Waals surface area contributed by atoms with Crippen LogP contribution in [0.3, 0.4) is 0 Å². The minimum atomic E-state index is -0.325. The number of hydrogen-bond donors (Lipinski definition) is 0. The van der Waals surface area contributed by atoms with Crippen LogP contribution in [0, 0.1) is 5.82 Å². The number of ether oxygens (including phenoxy) is 1. The lowest BCUT2D eigenvalue weighted by molar-refractivity contribution is -0.132. The van der Waals surface area contributed by atoms with Crippen LogP contribution in [-0.4, -0.2) is 37.6 Å². The van der Waals surface area contributed by atoms with Crippen LogP contribution in [0.25, 0.3) is 0 Å². The van der Waals surface area contributed by atoms with Gasteiger partial charge in [0.1, 0.15) is 11.6 Å². The summed E-state index contributed by atoms with van der Waals surface area (Å²) >= 11 is 0. The molecule has 0 spiro atoms. The summed E-state index contributed by atoms with van der Waals surface area (Å²) in [7, 11) is 1.77. The van der Waals surface area contributed by atoms with Crippen LogP contribution < -0.4 is 9.64 Å². The molecule has 2 aromatic rings. The third-order valence-electron chi connectivity index (χ3n) is 4.45. The number of amides is 1. The Labute approximate surface area is 147 Å². The van der Waals surface area contributed by atoms with Crippen LogP contribution >= 0.6 is 0 Å². The average Bonchev–Trinajstić information content (AvgIpc) is 3.16. The number of carbonyl (C=O) groups is 1. The fourth-order valence-corrected chi connectivity index (χ4v) is 3.04. The van der Waals surface area contributed by atoms with Crippen LogP contribution in [0.15, 0.2) is 48.5 Å². The molecule has 4 nitrogen and oxygen atoms in total. The van der Waals surface area contributed by atoms with E-state index in [9.17, 15) is 9.18 Å². The second-order valence-corrected chi connectivity index (χ2v) is 6.32. The predicted octanol–water partition coefficient (Wildman–Crippen LogP) is 3.46. The first-order chi connectivity index (χ1) is 12.1. The van der Waals surface area contributed by atoms with Crippen molar-refractivity contribution in [3.63, 3.8) is 0 Å². The normalized spacial score (nSPS) is 13.8. The molecule has 1 aliphatic rings. The van der Waals surface area contributed by atoms with E-state index in [1.807, 2.05) is 12.1 Å². The van der Waals surface area contributed by atoms with Crippen LogP contribution in [0.2, 0.25) is 0 Å². The number of benzene rings is 2. The molecule has 0 aliphatic carbocycles. The maximum atomic E-state index is 12.9. The molecule has 2 aromatic carbocycles. The van der Waals surface area contributed by atoms with Gasteiger partial charge in [0.15, 0.2) is 6.61 Å². The molecule has 0 bridgehead atoms. The molecular formula is C20H23FN2O2. The summed E-state index contributed by atoms with van der Waals surface area (Å²) in [6, 6.07) is 13.9. The molecule has 25 heavy (non-hydrogen) atoms. The van der Waals surface area contributed by atoms with Crippen molar-refractivity contribution in [1.82, 2.24) is 4.90 Å². The first-order valence-corrected chi connectivity index (χ1v) is 8.58. The van der Waals surface area contributed by atoms with Gasteiger partial charge in [-0.1, -0.05) is 18.2 Å². The molecule has 0 saturated carbocycles. The van der Waals surface area contributed by atoms with Crippen LogP contribution in [0.4, 0.5) is 10.1 Å². The van der Waals surface area contributed by atoms with Crippen molar-refractivity contribution < 1.29 is 13.9 Å². The monoisotopic (exact) mass is 342 g/mol. The lowest BCUT2D eigenvalue weighted by atomic mass is 10.1. The number of nitrogens with zero attached hydrogens (tertiary/aromatic N) is 2. The van der Waals surface area contributed by atoms with Crippen molar-refractivity contribution in [1.29, 1.82) is 0 Å². The van der Waals surface area contributed by atoms with Gasteiger partial charge in [-0.05, 0) is 48.7 Å². The molecular weight excluding hydrogens is 319 g/mol. The van der Waals surface area contributed by atoms with Crippen LogP contribution in [-0.2, 0) is 11.3 Å². The van der Waals surface area contributed by atoms with E-state index in [1.165, 1.54) is 42.8 Å². The van der Waals surface area contributed by atoms with Gasteiger partial charge in [0.25, 0.3) is 5.91 Å². The smallest absolute Gasteiger partial charge is 0.260 e. The molecule has 1 amide bonds. The zero-order valence-electron chi connectivity index (χ0n) is 14.5. The summed E-state index contributed by atoms with van der Waals surface area (Å²) in [5.74, 6) is 0.0514. The molecule has 132 valence electrons. The highest BCUT2D eigenvalue weighted by Crippen LogP contribution is 2.25. The third-order valence-corrected chi connectivity index (χ3v) is 4.45. The fraction of sp³-hybridized carbons (Fsp3) is 0.350. The van der Waals surface area contributed by atoms with Gasteiger partial charge in [0.05, 0.1) is 0 Å². The first-order valence-electron chi connectivity index (χ1n) is 8.58. The van der Waals surface area contributed by atoms with E-state index in [1.54, 1.807) is 11.9 Å². The minimum absolute atomic E-state index is 0.0615. The molecule has 1 fully saturated rings. The highest BCUT2D eigenvalue weighted by molar-refractivity contribution is 5.77. The SMILES string of the molecule is CN(Cc1ccccc1N1CCCC1)C(=O)COc1ccc(F)cc1. The Kier molecular flexibility index (Phi) is 5.53. The number of hydrogen-bond acceptors (Lipinski definition) is 3. The van der Waals surface area contributed by atoms with E-state index in [0.29, 0.717) is 12.3 Å². The lowest BCUT2D eigenvalue weighted by Crippen LogP contribution is -2.31. The molecule has 3 rings (SSSR count). The summed E-state index contributed by atoms with van der Waals surface area (Å²) in [6.45, 7) is 2.62. The molecule has 0 radical (unpaired) electrons. The molecule has 1 heterocycles. The Morgan fingerprint density at radius 3 is 2.52 bits per heavy atom. The van der Waals surface area contributed by atoms with Gasteiger partial charge >= 0.3 is 0 Å². The predicted molar refractivity (Wildman–Crippen MR) is 96.3 cm³/mol. The topological polar surface area (TPSA) is 32.8 Å². The summed E-state index contributed by atoms with van der Waals surface area (Å²) in [5.41, 5.74) is 2.35. The average molecular weight is 342 g/mol. The second-order valence-electron chi connectivity index (χ2n) is 6.32. The largest absolute Gasteiger partial charge is 0.484 e. The van der Waals surface area contributed by atoms with Crippen molar-refractivity contribution in [2.45, 2.75) is 19.4 Å². The Hall–Kier alpha value is -2.56. The maximum absolute atomic E-state index is 12.9. The van der Waals surface area contributed by atoms with Crippen molar-refractivity contribution in [3.8, 4) is 5.75 Å². The first kappa shape index (κ1) is 17.3. The number of para-hydroxylation sites is 1. The number of anilines is 1. The molecule has 1 saturated heterocycles. The van der Waals surface area contributed by atoms with Crippen LogP contribution in [0.1, 0.15) is 18.4 Å². The van der Waals surface area contributed by atoms with Crippen molar-refractivity contribution in [2.24, 2.45) is 0 Å². The van der Waals surface area contributed by atoms with E-state index in [-0.39, 0.29) is 18.3 Å². The standard InChI is InChI=1S/C20H23FN2O2/c1-22(20(24)15-25-18-10-8-17(21)9-11-18)14-16-6-2-3-7-19(16)23-12-4-5-13-23/h2-3,6-11H,4-5,12-15H2,1H3. The van der Waals surface area contributed by atoms with Gasteiger partial charge in [-0.25, -0.2) is 4.39 Å². The molecule has 0 atom stereocenters. The van der Waals surface area contributed by atoms with E-state index >= 15 is 0 Å². The molecule has 1 aliphatic heterocycles. The summed E-state index contributed by atoms with van der Waals surface area (Å²) < 4.78 is 18.3. The summed E-state index contributed by atoms with van der Waals surface area (Å²) in [4.78, 5) is 16.4. The Morgan fingerprint density at radius 2 is 1.80 bits per heavy atom. The Morgan fingerprint density at radius 1 is 1.12 bits per heavy atom. The van der Waals surface area contributed by atoms with E-state index in [2.05, 4.69) is 17.0 Å². The lowest BCUT2D eigenvalue weighted by Gasteiger charge is -2.24. The van der Waals surface area contributed by atoms with Gasteiger partial charge in [-0.15, -0.1) is 0 Å². The second kappa shape index (κ2) is 8.01. The maximum Gasteiger partial charge on any atom is 0.260 e. The van der Waals surface area contributed by atoms with E-state index in [4.69, 9.17) is 4.74 Å². The minimum Gasteiger partial charge on any atom is -0.484 e.